The van der Waals surface area contributed by atoms with Crippen LogP contribution in [0.15, 0.2) is 52.7 Å². The molecule has 1 aliphatic carbocycles. The summed E-state index contributed by atoms with van der Waals surface area (Å²) in [5.41, 5.74) is -0.201. The molecule has 3 rings (SSSR count). The first-order valence-electron chi connectivity index (χ1n) is 7.73. The average Bonchev–Trinajstić information content (AvgIpc) is 3.37. The van der Waals surface area contributed by atoms with Gasteiger partial charge in [0.1, 0.15) is 5.70 Å². The molecule has 0 aromatic heterocycles. The number of halogens is 1. The largest absolute Gasteiger partial charge is 0.478 e. The maximum absolute atomic E-state index is 12.4. The van der Waals surface area contributed by atoms with Crippen LogP contribution in [-0.4, -0.2) is 31.1 Å². The molecule has 0 spiro atoms. The molecule has 2 N–H and O–H groups in total. The van der Waals surface area contributed by atoms with Crippen LogP contribution < -0.4 is 4.72 Å². The summed E-state index contributed by atoms with van der Waals surface area (Å²) in [4.78, 5) is 27.7. The molecule has 0 atom stereocenters. The van der Waals surface area contributed by atoms with Crippen LogP contribution in [-0.2, 0) is 25.4 Å². The van der Waals surface area contributed by atoms with Crippen molar-refractivity contribution >= 4 is 39.2 Å². The second-order valence-corrected chi connectivity index (χ2v) is 8.26. The minimum Gasteiger partial charge on any atom is -0.478 e. The smallest absolute Gasteiger partial charge is 0.338 e. The van der Waals surface area contributed by atoms with Gasteiger partial charge in [0.2, 0.25) is 10.0 Å². The number of carboxylic acids is 1. The number of aliphatic carboxylic acids is 1. The van der Waals surface area contributed by atoms with Crippen molar-refractivity contribution in [1.29, 1.82) is 0 Å². The second kappa shape index (κ2) is 6.69. The highest BCUT2D eigenvalue weighted by Gasteiger charge is 2.38. The number of dihydropyridines is 1. The third kappa shape index (κ3) is 3.86. The minimum atomic E-state index is -4.04. The van der Waals surface area contributed by atoms with E-state index >= 15 is 0 Å². The zero-order valence-electron chi connectivity index (χ0n) is 13.5. The van der Waals surface area contributed by atoms with Gasteiger partial charge in [-0.25, -0.2) is 18.2 Å². The number of hydrogen-bond donors (Lipinski definition) is 2. The highest BCUT2D eigenvalue weighted by molar-refractivity contribution is 7.88. The van der Waals surface area contributed by atoms with Gasteiger partial charge < -0.3 is 5.11 Å². The summed E-state index contributed by atoms with van der Waals surface area (Å²) in [5, 5.41) is 9.91. The zero-order valence-corrected chi connectivity index (χ0v) is 15.1. The lowest BCUT2D eigenvalue weighted by Gasteiger charge is -2.20. The van der Waals surface area contributed by atoms with E-state index in [0.717, 1.165) is 12.8 Å². The number of aliphatic imine (C=N–C) groups is 1. The van der Waals surface area contributed by atoms with Crippen molar-refractivity contribution in [1.82, 2.24) is 4.72 Å². The summed E-state index contributed by atoms with van der Waals surface area (Å²) in [5.74, 6) is -2.79. The quantitative estimate of drug-likeness (QED) is 0.766. The predicted octanol–water partition coefficient (Wildman–Crippen LogP) is 2.05. The Morgan fingerprint density at radius 1 is 1.31 bits per heavy atom. The Balaban J connectivity index is 1.90. The molecule has 1 aromatic rings. The van der Waals surface area contributed by atoms with E-state index in [1.807, 2.05) is 0 Å². The Bertz CT molecular complexity index is 973. The van der Waals surface area contributed by atoms with E-state index in [-0.39, 0.29) is 11.5 Å². The van der Waals surface area contributed by atoms with Crippen LogP contribution in [0.1, 0.15) is 18.4 Å². The van der Waals surface area contributed by atoms with Crippen molar-refractivity contribution in [2.24, 2.45) is 10.9 Å². The van der Waals surface area contributed by atoms with Gasteiger partial charge in [0, 0.05) is 16.5 Å². The standard InChI is InChI=1S/C17H15ClN2O5S/c1-9-13(17(22)23)15(16(21)19-14(9)11-4-5-11)20-26(24,25)8-10-2-6-12(18)7-3-10/h2-3,6-7,11,20H,1,4-5,8H2,(H,22,23). The van der Waals surface area contributed by atoms with Crippen molar-refractivity contribution in [2.45, 2.75) is 18.6 Å². The van der Waals surface area contributed by atoms with Gasteiger partial charge in [0.05, 0.1) is 17.0 Å². The topological polar surface area (TPSA) is 113 Å². The Morgan fingerprint density at radius 3 is 2.46 bits per heavy atom. The zero-order chi connectivity index (χ0) is 19.1. The van der Waals surface area contributed by atoms with Crippen LogP contribution in [0.3, 0.4) is 0 Å². The fraction of sp³-hybridized carbons (Fsp3) is 0.235. The number of carboxylic acid groups (broad SMARTS) is 1. The molecule has 1 saturated carbocycles. The molecule has 0 unspecified atom stereocenters. The molecular formula is C17H15ClN2O5S. The Hall–Kier alpha value is -2.45. The van der Waals surface area contributed by atoms with Gasteiger partial charge in [-0.15, -0.1) is 0 Å². The highest BCUT2D eigenvalue weighted by atomic mass is 35.5. The van der Waals surface area contributed by atoms with Crippen LogP contribution in [0.2, 0.25) is 5.02 Å². The van der Waals surface area contributed by atoms with Gasteiger partial charge in [-0.3, -0.25) is 9.52 Å². The summed E-state index contributed by atoms with van der Waals surface area (Å²) in [6.45, 7) is 3.70. The lowest BCUT2D eigenvalue weighted by molar-refractivity contribution is -0.132. The fourth-order valence-electron chi connectivity index (χ4n) is 2.64. The Morgan fingerprint density at radius 2 is 1.92 bits per heavy atom. The molecule has 9 heteroatoms. The van der Waals surface area contributed by atoms with E-state index < -0.39 is 38.9 Å². The number of carbonyl (C=O) groups excluding carboxylic acids is 1. The maximum atomic E-state index is 12.4. The van der Waals surface area contributed by atoms with Crippen molar-refractivity contribution < 1.29 is 23.1 Å². The number of nitrogens with one attached hydrogen (secondary N) is 1. The monoisotopic (exact) mass is 394 g/mol. The molecule has 2 aliphatic rings. The molecule has 26 heavy (non-hydrogen) atoms. The summed E-state index contributed by atoms with van der Waals surface area (Å²) in [6.07, 6.45) is 1.60. The maximum Gasteiger partial charge on any atom is 0.338 e. The number of hydrogen-bond acceptors (Lipinski definition) is 4. The molecule has 1 aromatic carbocycles. The van der Waals surface area contributed by atoms with E-state index in [0.29, 0.717) is 16.3 Å². The van der Waals surface area contributed by atoms with Gasteiger partial charge in [-0.05, 0) is 30.5 Å². The number of nitrogens with zero attached hydrogens (tertiary/aromatic N) is 1. The van der Waals surface area contributed by atoms with E-state index in [9.17, 15) is 23.1 Å². The van der Waals surface area contributed by atoms with Gasteiger partial charge in [-0.1, -0.05) is 30.3 Å². The summed E-state index contributed by atoms with van der Waals surface area (Å²) < 4.78 is 26.9. The molecule has 0 saturated heterocycles. The number of amides is 1. The molecular weight excluding hydrogens is 380 g/mol. The first-order chi connectivity index (χ1) is 12.2. The molecule has 7 nitrogen and oxygen atoms in total. The number of benzene rings is 1. The van der Waals surface area contributed by atoms with E-state index in [1.54, 1.807) is 0 Å². The molecule has 1 heterocycles. The molecule has 0 bridgehead atoms. The van der Waals surface area contributed by atoms with Crippen molar-refractivity contribution in [3.05, 3.63) is 58.3 Å². The van der Waals surface area contributed by atoms with Gasteiger partial charge in [-0.2, -0.15) is 0 Å². The van der Waals surface area contributed by atoms with E-state index in [1.165, 1.54) is 24.3 Å². The van der Waals surface area contributed by atoms with Gasteiger partial charge >= 0.3 is 5.97 Å². The fourth-order valence-corrected chi connectivity index (χ4v) is 3.97. The first-order valence-corrected chi connectivity index (χ1v) is 9.76. The van der Waals surface area contributed by atoms with Gasteiger partial charge in [0.15, 0.2) is 0 Å². The van der Waals surface area contributed by atoms with Crippen molar-refractivity contribution in [3.63, 3.8) is 0 Å². The SMILES string of the molecule is C=C1C(C2CC2)=NC(=O)C(NS(=O)(=O)Cc2ccc(Cl)cc2)=C1C(=O)O. The molecule has 136 valence electrons. The third-order valence-corrected chi connectivity index (χ3v) is 5.48. The normalized spacial score (nSPS) is 18.0. The first kappa shape index (κ1) is 18.3. The average molecular weight is 395 g/mol. The summed E-state index contributed by atoms with van der Waals surface area (Å²) in [6, 6.07) is 6.13. The minimum absolute atomic E-state index is 0.00743. The highest BCUT2D eigenvalue weighted by Crippen LogP contribution is 2.37. The lowest BCUT2D eigenvalue weighted by atomic mass is 9.95. The van der Waals surface area contributed by atoms with Crippen molar-refractivity contribution in [2.75, 3.05) is 0 Å². The molecule has 0 radical (unpaired) electrons. The van der Waals surface area contributed by atoms with Crippen LogP contribution >= 0.6 is 11.6 Å². The molecule has 1 amide bonds. The third-order valence-electron chi connectivity index (χ3n) is 4.00. The van der Waals surface area contributed by atoms with Crippen LogP contribution in [0, 0.1) is 5.92 Å². The van der Waals surface area contributed by atoms with Crippen LogP contribution in [0.4, 0.5) is 0 Å². The number of rotatable bonds is 6. The Kier molecular flexibility index (Phi) is 4.72. The summed E-state index contributed by atoms with van der Waals surface area (Å²) in [7, 11) is -4.04. The second-order valence-electron chi connectivity index (χ2n) is 6.10. The molecule has 1 fully saturated rings. The number of carbonyl (C=O) groups is 2. The van der Waals surface area contributed by atoms with Crippen LogP contribution in [0.25, 0.3) is 0 Å². The van der Waals surface area contributed by atoms with E-state index in [2.05, 4.69) is 16.3 Å². The Labute approximate surface area is 155 Å². The number of sulfonamides is 1. The summed E-state index contributed by atoms with van der Waals surface area (Å²) >= 11 is 5.77. The lowest BCUT2D eigenvalue weighted by Crippen LogP contribution is -2.35. The molecule has 1 aliphatic heterocycles. The van der Waals surface area contributed by atoms with Gasteiger partial charge in [0.25, 0.3) is 5.91 Å². The van der Waals surface area contributed by atoms with E-state index in [4.69, 9.17) is 11.6 Å². The predicted molar refractivity (Wildman–Crippen MR) is 96.2 cm³/mol. The van der Waals surface area contributed by atoms with Crippen LogP contribution in [0.5, 0.6) is 0 Å². The van der Waals surface area contributed by atoms with Crippen molar-refractivity contribution in [3.8, 4) is 0 Å².